The van der Waals surface area contributed by atoms with E-state index >= 15 is 0 Å². The minimum Gasteiger partial charge on any atom is -0.457 e. The molecule has 38 heavy (non-hydrogen) atoms. The maximum absolute atomic E-state index is 13.6. The lowest BCUT2D eigenvalue weighted by molar-refractivity contribution is -0.143. The van der Waals surface area contributed by atoms with E-state index in [9.17, 15) is 19.2 Å². The van der Waals surface area contributed by atoms with Crippen molar-refractivity contribution in [3.63, 3.8) is 0 Å². The first-order valence-electron chi connectivity index (χ1n) is 13.3. The second kappa shape index (κ2) is 10.0. The fourth-order valence-electron chi connectivity index (χ4n) is 6.60. The van der Waals surface area contributed by atoms with Gasteiger partial charge < -0.3 is 4.74 Å². The molecule has 0 aromatic heterocycles. The topological polar surface area (TPSA) is 80.8 Å². The van der Waals surface area contributed by atoms with E-state index in [-0.39, 0.29) is 54.3 Å². The van der Waals surface area contributed by atoms with Crippen LogP contribution < -0.4 is 0 Å². The summed E-state index contributed by atoms with van der Waals surface area (Å²) in [7, 11) is 0. The number of rotatable bonds is 9. The van der Waals surface area contributed by atoms with Gasteiger partial charge in [0.25, 0.3) is 0 Å². The van der Waals surface area contributed by atoms with Crippen LogP contribution in [0.15, 0.2) is 78.9 Å². The third-order valence-electron chi connectivity index (χ3n) is 8.26. The van der Waals surface area contributed by atoms with Gasteiger partial charge in [-0.25, -0.2) is 0 Å². The average Bonchev–Trinajstić information content (AvgIpc) is 3.21. The van der Waals surface area contributed by atoms with Crippen LogP contribution in [0.1, 0.15) is 70.1 Å². The maximum atomic E-state index is 13.6. The molecule has 0 radical (unpaired) electrons. The first-order valence-corrected chi connectivity index (χ1v) is 13.3. The van der Waals surface area contributed by atoms with Crippen molar-refractivity contribution < 1.29 is 23.9 Å². The highest BCUT2D eigenvalue weighted by molar-refractivity contribution is 6.07. The third-order valence-corrected chi connectivity index (χ3v) is 8.26. The molecule has 1 heterocycles. The number of likely N-dealkylation sites (tertiary alicyclic amines) is 1. The molecule has 6 nitrogen and oxygen atoms in total. The minimum absolute atomic E-state index is 0.0714. The Morgan fingerprint density at radius 2 is 1.16 bits per heavy atom. The van der Waals surface area contributed by atoms with E-state index in [4.69, 9.17) is 4.74 Å². The highest BCUT2D eigenvalue weighted by Crippen LogP contribution is 2.60. The van der Waals surface area contributed by atoms with Crippen molar-refractivity contribution in [2.45, 2.75) is 37.5 Å². The molecule has 3 aliphatic carbocycles. The summed E-state index contributed by atoms with van der Waals surface area (Å²) in [6, 6.07) is 25.2. The lowest BCUT2D eigenvalue weighted by Gasteiger charge is -2.45. The average molecular weight is 508 g/mol. The van der Waals surface area contributed by atoms with Gasteiger partial charge in [0.1, 0.15) is 0 Å². The normalized spacial score (nSPS) is 22.6. The van der Waals surface area contributed by atoms with E-state index in [1.165, 1.54) is 27.2 Å². The van der Waals surface area contributed by atoms with Crippen LogP contribution in [0.25, 0.3) is 0 Å². The van der Waals surface area contributed by atoms with Crippen LogP contribution in [0.3, 0.4) is 0 Å². The zero-order valence-electron chi connectivity index (χ0n) is 21.0. The van der Waals surface area contributed by atoms with Crippen molar-refractivity contribution in [3.8, 4) is 0 Å². The van der Waals surface area contributed by atoms with Crippen LogP contribution >= 0.6 is 0 Å². The first-order chi connectivity index (χ1) is 18.6. The molecular weight excluding hydrogens is 478 g/mol. The molecule has 7 rings (SSSR count). The number of hydrogen-bond acceptors (Lipinski definition) is 5. The Kier molecular flexibility index (Phi) is 6.40. The highest BCUT2D eigenvalue weighted by Gasteiger charge is 2.61. The van der Waals surface area contributed by atoms with Crippen molar-refractivity contribution in [1.29, 1.82) is 0 Å². The van der Waals surface area contributed by atoms with Gasteiger partial charge in [-0.3, -0.25) is 24.1 Å². The molecule has 2 amide bonds. The number of carbonyl (C=O) groups excluding carboxylic acids is 4. The van der Waals surface area contributed by atoms with Gasteiger partial charge in [-0.15, -0.1) is 0 Å². The van der Waals surface area contributed by atoms with Crippen molar-refractivity contribution in [2.24, 2.45) is 11.8 Å². The molecule has 2 bridgehead atoms. The zero-order valence-corrected chi connectivity index (χ0v) is 21.0. The number of nitrogens with zero attached hydrogens (tertiary/aromatic N) is 1. The summed E-state index contributed by atoms with van der Waals surface area (Å²) in [6.07, 6.45) is 2.08. The van der Waals surface area contributed by atoms with Gasteiger partial charge in [0.15, 0.2) is 12.4 Å². The number of ketones is 1. The molecule has 4 aliphatic rings. The van der Waals surface area contributed by atoms with Crippen molar-refractivity contribution in [3.05, 3.63) is 107 Å². The maximum Gasteiger partial charge on any atom is 0.306 e. The van der Waals surface area contributed by atoms with E-state index in [0.29, 0.717) is 31.4 Å². The molecule has 192 valence electrons. The van der Waals surface area contributed by atoms with Crippen molar-refractivity contribution in [1.82, 2.24) is 4.90 Å². The molecule has 3 aromatic carbocycles. The predicted octanol–water partition coefficient (Wildman–Crippen LogP) is 4.87. The van der Waals surface area contributed by atoms with Crippen LogP contribution in [-0.4, -0.2) is 41.6 Å². The Morgan fingerprint density at radius 1 is 0.658 bits per heavy atom. The van der Waals surface area contributed by atoms with Crippen molar-refractivity contribution in [2.75, 3.05) is 13.2 Å². The molecule has 2 atom stereocenters. The Labute approximate surface area is 221 Å². The molecule has 0 unspecified atom stereocenters. The van der Waals surface area contributed by atoms with Gasteiger partial charge in [0, 0.05) is 30.4 Å². The number of amides is 2. The Hall–Kier alpha value is -4.06. The summed E-state index contributed by atoms with van der Waals surface area (Å²) in [5.74, 6) is -1.68. The second-order valence-corrected chi connectivity index (χ2v) is 10.4. The standard InChI is InChI=1S/C32H29NO5/c34-25(20-11-3-1-4-12-20)19-38-26(35)17-5-2-10-18-33-31(36)29-27-21-13-6-7-14-22(21)28(30(29)32(33)37)24-16-9-8-15-23(24)27/h1,3-4,6-9,11-16,27-30H,2,5,10,17-19H2/t27?,28?,29-,30-/m1/s1. The smallest absolute Gasteiger partial charge is 0.306 e. The number of benzene rings is 3. The van der Waals surface area contributed by atoms with Crippen LogP contribution in [0, 0.1) is 11.8 Å². The number of Topliss-reactive ketones (excluding diaryl/α,β-unsaturated/α-hetero) is 1. The summed E-state index contributed by atoms with van der Waals surface area (Å²) in [5.41, 5.74) is 5.20. The molecular formula is C32H29NO5. The van der Waals surface area contributed by atoms with E-state index in [1.54, 1.807) is 24.3 Å². The van der Waals surface area contributed by atoms with Gasteiger partial charge in [0.05, 0.1) is 11.8 Å². The van der Waals surface area contributed by atoms with E-state index < -0.39 is 5.97 Å². The zero-order chi connectivity index (χ0) is 26.2. The Balaban J connectivity index is 1.04. The number of hydrogen-bond donors (Lipinski definition) is 0. The number of esters is 1. The lowest BCUT2D eigenvalue weighted by Crippen LogP contribution is -2.41. The van der Waals surface area contributed by atoms with Gasteiger partial charge in [-0.1, -0.05) is 85.3 Å². The van der Waals surface area contributed by atoms with Crippen molar-refractivity contribution >= 4 is 23.6 Å². The quantitative estimate of drug-likeness (QED) is 0.179. The van der Waals surface area contributed by atoms with Crippen LogP contribution in [0.4, 0.5) is 0 Å². The van der Waals surface area contributed by atoms with Crippen LogP contribution in [-0.2, 0) is 19.1 Å². The molecule has 1 saturated heterocycles. The minimum atomic E-state index is -0.416. The van der Waals surface area contributed by atoms with Crippen LogP contribution in [0.2, 0.25) is 0 Å². The number of imide groups is 1. The largest absolute Gasteiger partial charge is 0.457 e. The summed E-state index contributed by atoms with van der Waals surface area (Å²) in [5, 5.41) is 0. The summed E-state index contributed by atoms with van der Waals surface area (Å²) < 4.78 is 5.12. The summed E-state index contributed by atoms with van der Waals surface area (Å²) >= 11 is 0. The highest BCUT2D eigenvalue weighted by atomic mass is 16.5. The van der Waals surface area contributed by atoms with E-state index in [1.807, 2.05) is 30.3 Å². The fraction of sp³-hybridized carbons (Fsp3) is 0.312. The molecule has 1 fully saturated rings. The molecule has 0 spiro atoms. The van der Waals surface area contributed by atoms with Gasteiger partial charge in [-0.2, -0.15) is 0 Å². The first kappa shape index (κ1) is 24.3. The predicted molar refractivity (Wildman–Crippen MR) is 140 cm³/mol. The molecule has 0 N–H and O–H groups in total. The fourth-order valence-corrected chi connectivity index (χ4v) is 6.60. The van der Waals surface area contributed by atoms with E-state index in [0.717, 1.165) is 0 Å². The SMILES string of the molecule is O=C(CCCCCN1C(=O)[C@@H]2C3c4ccccc4C(c4ccccc43)[C@H]2C1=O)OCC(=O)c1ccccc1. The Bertz CT molecular complexity index is 1300. The second-order valence-electron chi connectivity index (χ2n) is 10.4. The summed E-state index contributed by atoms with van der Waals surface area (Å²) in [4.78, 5) is 52.8. The monoisotopic (exact) mass is 507 g/mol. The Morgan fingerprint density at radius 3 is 1.68 bits per heavy atom. The van der Waals surface area contributed by atoms with Crippen LogP contribution in [0.5, 0.6) is 0 Å². The summed E-state index contributed by atoms with van der Waals surface area (Å²) in [6.45, 7) is 0.0911. The molecule has 6 heteroatoms. The van der Waals surface area contributed by atoms with E-state index in [2.05, 4.69) is 24.3 Å². The van der Waals surface area contributed by atoms with Gasteiger partial charge in [0.2, 0.25) is 11.8 Å². The van der Waals surface area contributed by atoms with Gasteiger partial charge >= 0.3 is 5.97 Å². The molecule has 0 saturated carbocycles. The molecule has 3 aromatic rings. The third kappa shape index (κ3) is 4.05. The number of ether oxygens (including phenoxy) is 1. The number of unbranched alkanes of at least 4 members (excludes halogenated alkanes) is 2. The number of carbonyl (C=O) groups is 4. The van der Waals surface area contributed by atoms with Gasteiger partial charge in [-0.05, 0) is 35.1 Å². The molecule has 1 aliphatic heterocycles. The lowest BCUT2D eigenvalue weighted by atomic mass is 9.55.